The Morgan fingerprint density at radius 1 is 1.35 bits per heavy atom. The first-order valence-electron chi connectivity index (χ1n) is 7.22. The first kappa shape index (κ1) is 15.1. The van der Waals surface area contributed by atoms with Gasteiger partial charge in [-0.05, 0) is 38.1 Å². The van der Waals surface area contributed by atoms with Crippen molar-refractivity contribution in [3.8, 4) is 0 Å². The fourth-order valence-corrected chi connectivity index (χ4v) is 2.26. The number of carbonyl (C=O) groups excluding carboxylic acids is 1. The molecule has 0 aliphatic rings. The minimum absolute atomic E-state index is 0.0123. The van der Waals surface area contributed by atoms with Crippen LogP contribution in [0.1, 0.15) is 18.4 Å². The van der Waals surface area contributed by atoms with Gasteiger partial charge in [0.05, 0.1) is 17.6 Å². The number of fused-ring (bicyclic) bond motifs is 1. The zero-order valence-electron chi connectivity index (χ0n) is 12.9. The smallest absolute Gasteiger partial charge is 0.334 e. The molecule has 0 saturated heterocycles. The Balaban J connectivity index is 1.63. The van der Waals surface area contributed by atoms with Gasteiger partial charge in [0.1, 0.15) is 23.4 Å². The van der Waals surface area contributed by atoms with Crippen molar-refractivity contribution in [3.63, 3.8) is 0 Å². The maximum absolute atomic E-state index is 12.0. The highest BCUT2D eigenvalue weighted by atomic mass is 16.4. The molecule has 1 atom stereocenters. The fourth-order valence-electron chi connectivity index (χ4n) is 2.26. The normalized spacial score (nSPS) is 13.7. The maximum atomic E-state index is 12.0. The van der Waals surface area contributed by atoms with Crippen LogP contribution < -0.4 is 10.7 Å². The molecule has 0 aliphatic heterocycles. The molecule has 2 aromatic heterocycles. The molecule has 3 N–H and O–H groups in total. The Labute approximate surface area is 132 Å². The van der Waals surface area contributed by atoms with Gasteiger partial charge in [-0.15, -0.1) is 0 Å². The second-order valence-corrected chi connectivity index (χ2v) is 5.58. The van der Waals surface area contributed by atoms with E-state index in [0.717, 1.165) is 11.0 Å². The van der Waals surface area contributed by atoms with Crippen molar-refractivity contribution < 1.29 is 14.3 Å². The van der Waals surface area contributed by atoms with Crippen LogP contribution >= 0.6 is 0 Å². The average molecular weight is 314 g/mol. The molecule has 2 heterocycles. The fraction of sp³-hybridized carbons (Fsp3) is 0.250. The van der Waals surface area contributed by atoms with Crippen LogP contribution in [0.3, 0.4) is 0 Å². The van der Waals surface area contributed by atoms with Crippen LogP contribution in [0.2, 0.25) is 0 Å². The largest absolute Gasteiger partial charge is 0.463 e. The quantitative estimate of drug-likeness (QED) is 0.687. The molecule has 120 valence electrons. The van der Waals surface area contributed by atoms with Gasteiger partial charge in [0.15, 0.2) is 0 Å². The van der Waals surface area contributed by atoms with E-state index in [2.05, 4.69) is 15.7 Å². The summed E-state index contributed by atoms with van der Waals surface area (Å²) in [7, 11) is 0. The van der Waals surface area contributed by atoms with Crippen LogP contribution in [0.5, 0.6) is 0 Å². The number of para-hydroxylation sites is 2. The van der Waals surface area contributed by atoms with Crippen molar-refractivity contribution in [2.45, 2.75) is 19.4 Å². The van der Waals surface area contributed by atoms with Gasteiger partial charge in [-0.1, -0.05) is 12.1 Å². The molecule has 0 bridgehead atoms. The van der Waals surface area contributed by atoms with E-state index in [4.69, 9.17) is 4.42 Å². The van der Waals surface area contributed by atoms with Crippen molar-refractivity contribution in [1.29, 1.82) is 0 Å². The van der Waals surface area contributed by atoms with E-state index in [1.54, 1.807) is 26.0 Å². The van der Waals surface area contributed by atoms with E-state index < -0.39 is 11.6 Å². The first-order valence-corrected chi connectivity index (χ1v) is 7.22. The molecule has 0 aliphatic carbocycles. The average Bonchev–Trinajstić information content (AvgIpc) is 3.13. The summed E-state index contributed by atoms with van der Waals surface area (Å²) < 4.78 is 6.93. The van der Waals surface area contributed by atoms with E-state index >= 15 is 0 Å². The van der Waals surface area contributed by atoms with Crippen LogP contribution in [0.4, 0.5) is 4.79 Å². The number of urea groups is 1. The van der Waals surface area contributed by atoms with Gasteiger partial charge in [0.25, 0.3) is 0 Å². The van der Waals surface area contributed by atoms with Gasteiger partial charge in [0, 0.05) is 0 Å². The third kappa shape index (κ3) is 3.19. The number of rotatable bonds is 4. The summed E-state index contributed by atoms with van der Waals surface area (Å²) in [5, 5.41) is 13.0. The van der Waals surface area contributed by atoms with Crippen LogP contribution in [0.25, 0.3) is 11.0 Å². The molecule has 3 aromatic rings. The minimum Gasteiger partial charge on any atom is -0.463 e. The monoisotopic (exact) mass is 314 g/mol. The zero-order chi connectivity index (χ0) is 16.4. The van der Waals surface area contributed by atoms with E-state index in [0.29, 0.717) is 11.5 Å². The molecular formula is C16H18N4O3. The van der Waals surface area contributed by atoms with Gasteiger partial charge in [-0.25, -0.2) is 19.9 Å². The number of nitrogens with zero attached hydrogens (tertiary/aromatic N) is 2. The summed E-state index contributed by atoms with van der Waals surface area (Å²) in [6.45, 7) is 3.39. The van der Waals surface area contributed by atoms with Crippen molar-refractivity contribution in [3.05, 3.63) is 54.2 Å². The Kier molecular flexibility index (Phi) is 3.79. The van der Waals surface area contributed by atoms with Crippen LogP contribution in [-0.2, 0) is 5.60 Å². The third-order valence-electron chi connectivity index (χ3n) is 3.54. The Morgan fingerprint density at radius 2 is 2.13 bits per heavy atom. The summed E-state index contributed by atoms with van der Waals surface area (Å²) in [4.78, 5) is 16.2. The highest BCUT2D eigenvalue weighted by Crippen LogP contribution is 2.21. The van der Waals surface area contributed by atoms with Gasteiger partial charge < -0.3 is 14.8 Å². The van der Waals surface area contributed by atoms with Crippen molar-refractivity contribution in [2.24, 2.45) is 0 Å². The molecule has 23 heavy (non-hydrogen) atoms. The van der Waals surface area contributed by atoms with E-state index in [9.17, 15) is 9.90 Å². The summed E-state index contributed by atoms with van der Waals surface area (Å²) in [5.41, 5.74) is 2.94. The predicted molar refractivity (Wildman–Crippen MR) is 85.5 cm³/mol. The lowest BCUT2D eigenvalue weighted by Gasteiger charge is -2.21. The highest BCUT2D eigenvalue weighted by molar-refractivity contribution is 5.85. The number of furan rings is 1. The van der Waals surface area contributed by atoms with E-state index in [-0.39, 0.29) is 6.54 Å². The molecule has 0 spiro atoms. The SMILES string of the molecule is Cc1ccc(C(C)(O)CNC(=O)Nn2cnc3ccccc32)o1. The van der Waals surface area contributed by atoms with Crippen molar-refractivity contribution in [1.82, 2.24) is 15.0 Å². The molecule has 1 aromatic carbocycles. The molecular weight excluding hydrogens is 296 g/mol. The minimum atomic E-state index is -1.29. The lowest BCUT2D eigenvalue weighted by Crippen LogP contribution is -2.42. The van der Waals surface area contributed by atoms with Crippen LogP contribution in [0.15, 0.2) is 47.1 Å². The lowest BCUT2D eigenvalue weighted by molar-refractivity contribution is 0.0363. The number of amides is 2. The number of hydrogen-bond donors (Lipinski definition) is 3. The standard InChI is InChI=1S/C16H18N4O3/c1-11-7-8-14(23-11)16(2,22)9-17-15(21)19-20-10-18-12-5-3-4-6-13(12)20/h3-8,10,22H,9H2,1-2H3,(H2,17,19,21). The molecule has 0 saturated carbocycles. The second kappa shape index (κ2) is 5.77. The van der Waals surface area contributed by atoms with Crippen molar-refractivity contribution in [2.75, 3.05) is 12.0 Å². The predicted octanol–water partition coefficient (Wildman–Crippen LogP) is 2.10. The molecule has 7 heteroatoms. The Hall–Kier alpha value is -2.80. The first-order chi connectivity index (χ1) is 11.0. The van der Waals surface area contributed by atoms with Gasteiger partial charge >= 0.3 is 6.03 Å². The number of aromatic nitrogens is 2. The Bertz CT molecular complexity index is 835. The van der Waals surface area contributed by atoms with Gasteiger partial charge in [-0.3, -0.25) is 0 Å². The lowest BCUT2D eigenvalue weighted by atomic mass is 10.0. The number of nitrogens with one attached hydrogen (secondary N) is 2. The van der Waals surface area contributed by atoms with Gasteiger partial charge in [-0.2, -0.15) is 0 Å². The summed E-state index contributed by atoms with van der Waals surface area (Å²) >= 11 is 0. The molecule has 0 radical (unpaired) electrons. The number of benzene rings is 1. The molecule has 7 nitrogen and oxygen atoms in total. The topological polar surface area (TPSA) is 92.3 Å². The van der Waals surface area contributed by atoms with Gasteiger partial charge in [0.2, 0.25) is 0 Å². The van der Waals surface area contributed by atoms with E-state index in [1.807, 2.05) is 24.3 Å². The second-order valence-electron chi connectivity index (χ2n) is 5.58. The molecule has 2 amide bonds. The number of imidazole rings is 1. The summed E-state index contributed by atoms with van der Waals surface area (Å²) in [5.74, 6) is 1.11. The molecule has 1 unspecified atom stereocenters. The maximum Gasteiger partial charge on any atom is 0.334 e. The zero-order valence-corrected chi connectivity index (χ0v) is 12.9. The third-order valence-corrected chi connectivity index (χ3v) is 3.54. The summed E-state index contributed by atoms with van der Waals surface area (Å²) in [6.07, 6.45) is 1.53. The molecule has 3 rings (SSSR count). The van der Waals surface area contributed by atoms with Crippen LogP contribution in [0, 0.1) is 6.92 Å². The number of hydrogen-bond acceptors (Lipinski definition) is 4. The Morgan fingerprint density at radius 3 is 2.87 bits per heavy atom. The summed E-state index contributed by atoms with van der Waals surface area (Å²) in [6, 6.07) is 10.5. The van der Waals surface area contributed by atoms with Crippen LogP contribution in [-0.4, -0.2) is 27.3 Å². The number of carbonyl (C=O) groups is 1. The number of aryl methyl sites for hydroxylation is 1. The van der Waals surface area contributed by atoms with E-state index in [1.165, 1.54) is 11.0 Å². The van der Waals surface area contributed by atoms with Crippen molar-refractivity contribution >= 4 is 17.1 Å². The highest BCUT2D eigenvalue weighted by Gasteiger charge is 2.27. The number of aliphatic hydroxyl groups is 1. The molecule has 0 fully saturated rings.